The summed E-state index contributed by atoms with van der Waals surface area (Å²) in [7, 11) is 0. The number of aromatic hydroxyl groups is 1. The Balaban J connectivity index is 1.56. The number of phenols is 1. The first-order chi connectivity index (χ1) is 14.2. The molecule has 0 saturated carbocycles. The molecule has 0 aromatic heterocycles. The highest BCUT2D eigenvalue weighted by Crippen LogP contribution is 2.47. The van der Waals surface area contributed by atoms with Crippen molar-refractivity contribution in [2.75, 3.05) is 6.61 Å². The Morgan fingerprint density at radius 1 is 1.03 bits per heavy atom. The lowest BCUT2D eigenvalue weighted by atomic mass is 9.95. The number of hydrogen-bond donors (Lipinski definition) is 1. The molecule has 29 heavy (non-hydrogen) atoms. The van der Waals surface area contributed by atoms with Gasteiger partial charge in [-0.05, 0) is 49.4 Å². The molecule has 5 rings (SSSR count). The molecule has 0 fully saturated rings. The number of phenolic OH excluding ortho intramolecular Hbond substituents is 1. The van der Waals surface area contributed by atoms with Crippen LogP contribution in [0.1, 0.15) is 42.3 Å². The van der Waals surface area contributed by atoms with Crippen molar-refractivity contribution in [3.8, 4) is 17.2 Å². The normalized spacial score (nSPS) is 19.8. The third-order valence-corrected chi connectivity index (χ3v) is 5.39. The molecule has 3 aromatic carbocycles. The molecule has 0 saturated heterocycles. The number of hydrogen-bond acceptors (Lipinski definition) is 5. The van der Waals surface area contributed by atoms with Crippen LogP contribution in [0.2, 0.25) is 0 Å². The Hall–Kier alpha value is -3.47. The summed E-state index contributed by atoms with van der Waals surface area (Å²) in [5.74, 6) is 1.96. The van der Waals surface area contributed by atoms with E-state index in [1.54, 1.807) is 6.07 Å². The molecular formula is C24H22N2O3. The number of fused-ring (bicyclic) bond motifs is 3. The standard InChI is InChI=1S/C24H22N2O3/c1-2-28-17-13-11-16(12-14-17)24-26-21(19-8-4-6-10-23(19)29-24)15-20(25-26)18-7-3-5-9-22(18)27/h3-14,21,24,27H,2,15H2,1H3/t21-,24-/m0/s1. The Morgan fingerprint density at radius 2 is 1.79 bits per heavy atom. The molecule has 0 bridgehead atoms. The van der Waals surface area contributed by atoms with Gasteiger partial charge in [0.05, 0.1) is 18.4 Å². The third-order valence-electron chi connectivity index (χ3n) is 5.39. The van der Waals surface area contributed by atoms with Crippen LogP contribution in [0.25, 0.3) is 0 Å². The first kappa shape index (κ1) is 17.6. The van der Waals surface area contributed by atoms with E-state index in [9.17, 15) is 5.11 Å². The molecule has 2 aliphatic heterocycles. The number of rotatable bonds is 4. The highest BCUT2D eigenvalue weighted by atomic mass is 16.5. The fourth-order valence-electron chi connectivity index (χ4n) is 4.03. The summed E-state index contributed by atoms with van der Waals surface area (Å²) in [6, 6.07) is 23.5. The number of benzene rings is 3. The average Bonchev–Trinajstić information content (AvgIpc) is 3.20. The fourth-order valence-corrected chi connectivity index (χ4v) is 4.03. The number of nitrogens with zero attached hydrogens (tertiary/aromatic N) is 2. The van der Waals surface area contributed by atoms with Gasteiger partial charge in [0.2, 0.25) is 6.23 Å². The lowest BCUT2D eigenvalue weighted by Gasteiger charge is -2.38. The van der Waals surface area contributed by atoms with Crippen molar-refractivity contribution in [1.82, 2.24) is 5.01 Å². The molecule has 0 unspecified atom stereocenters. The predicted molar refractivity (Wildman–Crippen MR) is 111 cm³/mol. The summed E-state index contributed by atoms with van der Waals surface area (Å²) in [5, 5.41) is 17.2. The first-order valence-corrected chi connectivity index (χ1v) is 9.87. The van der Waals surface area contributed by atoms with Crippen LogP contribution in [-0.2, 0) is 0 Å². The van der Waals surface area contributed by atoms with Crippen LogP contribution in [0.5, 0.6) is 17.2 Å². The van der Waals surface area contributed by atoms with Crippen molar-refractivity contribution in [3.63, 3.8) is 0 Å². The van der Waals surface area contributed by atoms with E-state index >= 15 is 0 Å². The van der Waals surface area contributed by atoms with Crippen LogP contribution in [-0.4, -0.2) is 22.4 Å². The molecule has 0 aliphatic carbocycles. The van der Waals surface area contributed by atoms with E-state index in [0.29, 0.717) is 13.0 Å². The van der Waals surface area contributed by atoms with Crippen molar-refractivity contribution in [3.05, 3.63) is 89.5 Å². The van der Waals surface area contributed by atoms with Gasteiger partial charge in [-0.15, -0.1) is 0 Å². The van der Waals surface area contributed by atoms with Crippen LogP contribution in [0, 0.1) is 0 Å². The van der Waals surface area contributed by atoms with Gasteiger partial charge in [-0.2, -0.15) is 5.10 Å². The SMILES string of the molecule is CCOc1ccc([C@@H]2Oc3ccccc3[C@@H]3CC(c4ccccc4O)=NN32)cc1. The van der Waals surface area contributed by atoms with Crippen molar-refractivity contribution in [2.45, 2.75) is 25.6 Å². The summed E-state index contributed by atoms with van der Waals surface area (Å²) >= 11 is 0. The summed E-state index contributed by atoms with van der Waals surface area (Å²) < 4.78 is 11.9. The fraction of sp³-hybridized carbons (Fsp3) is 0.208. The monoisotopic (exact) mass is 386 g/mol. The van der Waals surface area contributed by atoms with E-state index in [-0.39, 0.29) is 18.0 Å². The Kier molecular flexibility index (Phi) is 4.35. The predicted octanol–water partition coefficient (Wildman–Crippen LogP) is 5.03. The van der Waals surface area contributed by atoms with E-state index in [2.05, 4.69) is 6.07 Å². The largest absolute Gasteiger partial charge is 0.507 e. The van der Waals surface area contributed by atoms with Gasteiger partial charge in [-0.1, -0.05) is 30.3 Å². The molecule has 3 aromatic rings. The molecule has 5 heteroatoms. The zero-order valence-electron chi connectivity index (χ0n) is 16.2. The van der Waals surface area contributed by atoms with Crippen molar-refractivity contribution < 1.29 is 14.6 Å². The minimum absolute atomic E-state index is 0.0612. The van der Waals surface area contributed by atoms with E-state index in [0.717, 1.165) is 33.9 Å². The molecule has 1 N–H and O–H groups in total. The molecule has 0 radical (unpaired) electrons. The topological polar surface area (TPSA) is 54.3 Å². The van der Waals surface area contributed by atoms with E-state index in [1.807, 2.05) is 72.6 Å². The second-order valence-corrected chi connectivity index (χ2v) is 7.17. The van der Waals surface area contributed by atoms with Crippen LogP contribution >= 0.6 is 0 Å². The van der Waals surface area contributed by atoms with Crippen LogP contribution < -0.4 is 9.47 Å². The van der Waals surface area contributed by atoms with Gasteiger partial charge in [0.1, 0.15) is 17.2 Å². The lowest BCUT2D eigenvalue weighted by molar-refractivity contribution is -0.0190. The van der Waals surface area contributed by atoms with Gasteiger partial charge < -0.3 is 14.6 Å². The maximum Gasteiger partial charge on any atom is 0.213 e. The minimum Gasteiger partial charge on any atom is -0.507 e. The van der Waals surface area contributed by atoms with Gasteiger partial charge in [-0.3, -0.25) is 0 Å². The maximum atomic E-state index is 10.3. The molecule has 0 spiro atoms. The Bertz CT molecular complexity index is 1060. The average molecular weight is 386 g/mol. The van der Waals surface area contributed by atoms with E-state index < -0.39 is 0 Å². The lowest BCUT2D eigenvalue weighted by Crippen LogP contribution is -2.33. The summed E-state index contributed by atoms with van der Waals surface area (Å²) in [4.78, 5) is 0. The summed E-state index contributed by atoms with van der Waals surface area (Å²) in [6.07, 6.45) is 0.375. The van der Waals surface area contributed by atoms with E-state index in [1.165, 1.54) is 0 Å². The van der Waals surface area contributed by atoms with Gasteiger partial charge in [0.15, 0.2) is 0 Å². The smallest absolute Gasteiger partial charge is 0.213 e. The maximum absolute atomic E-state index is 10.3. The van der Waals surface area contributed by atoms with Crippen LogP contribution in [0.15, 0.2) is 77.9 Å². The third kappa shape index (κ3) is 3.09. The highest BCUT2D eigenvalue weighted by molar-refractivity contribution is 6.04. The zero-order chi connectivity index (χ0) is 19.8. The quantitative estimate of drug-likeness (QED) is 0.683. The van der Waals surface area contributed by atoms with Gasteiger partial charge in [-0.25, -0.2) is 5.01 Å². The highest BCUT2D eigenvalue weighted by Gasteiger charge is 2.41. The minimum atomic E-state index is -0.339. The summed E-state index contributed by atoms with van der Waals surface area (Å²) in [6.45, 7) is 2.61. The Morgan fingerprint density at radius 3 is 2.59 bits per heavy atom. The van der Waals surface area contributed by atoms with E-state index in [4.69, 9.17) is 14.6 Å². The van der Waals surface area contributed by atoms with Crippen LogP contribution in [0.3, 0.4) is 0 Å². The Labute approximate surface area is 169 Å². The van der Waals surface area contributed by atoms with Crippen molar-refractivity contribution in [1.29, 1.82) is 0 Å². The molecule has 2 atom stereocenters. The summed E-state index contributed by atoms with van der Waals surface area (Å²) in [5.41, 5.74) is 3.76. The molecule has 146 valence electrons. The molecule has 0 amide bonds. The zero-order valence-corrected chi connectivity index (χ0v) is 16.2. The van der Waals surface area contributed by atoms with Crippen molar-refractivity contribution in [2.24, 2.45) is 5.10 Å². The molecule has 2 heterocycles. The van der Waals surface area contributed by atoms with Gasteiger partial charge in [0.25, 0.3) is 0 Å². The molecule has 5 nitrogen and oxygen atoms in total. The van der Waals surface area contributed by atoms with Crippen molar-refractivity contribution >= 4 is 5.71 Å². The molecule has 2 aliphatic rings. The number of para-hydroxylation sites is 2. The second-order valence-electron chi connectivity index (χ2n) is 7.17. The molecular weight excluding hydrogens is 364 g/mol. The second kappa shape index (κ2) is 7.17. The van der Waals surface area contributed by atoms with Crippen LogP contribution in [0.4, 0.5) is 0 Å². The van der Waals surface area contributed by atoms with Gasteiger partial charge >= 0.3 is 0 Å². The number of ether oxygens (including phenoxy) is 2. The first-order valence-electron chi connectivity index (χ1n) is 9.87. The number of hydrazone groups is 1. The van der Waals surface area contributed by atoms with Gasteiger partial charge in [0, 0.05) is 23.1 Å².